The average Bonchev–Trinajstić information content (AvgIpc) is 3.05. The van der Waals surface area contributed by atoms with Crippen molar-refractivity contribution in [3.63, 3.8) is 0 Å². The van der Waals surface area contributed by atoms with Gasteiger partial charge in [-0.1, -0.05) is 0 Å². The number of hydrogen-bond donors (Lipinski definition) is 1. The molecule has 0 bridgehead atoms. The van der Waals surface area contributed by atoms with Crippen molar-refractivity contribution in [2.75, 3.05) is 0 Å². The molecule has 0 unspecified atom stereocenters. The fourth-order valence-corrected chi connectivity index (χ4v) is 2.18. The van der Waals surface area contributed by atoms with Crippen LogP contribution in [0, 0.1) is 6.92 Å². The third-order valence-corrected chi connectivity index (χ3v) is 3.43. The third-order valence-electron chi connectivity index (χ3n) is 3.43. The number of nitrogens with zero attached hydrogens (tertiary/aromatic N) is 2. The summed E-state index contributed by atoms with van der Waals surface area (Å²) in [5.74, 6) is 0.884. The Morgan fingerprint density at radius 2 is 2.35 bits per heavy atom. The first-order valence-electron chi connectivity index (χ1n) is 6.97. The van der Waals surface area contributed by atoms with E-state index in [1.165, 1.54) is 0 Å². The minimum atomic E-state index is -0.0610. The highest BCUT2D eigenvalue weighted by Gasteiger charge is 2.15. The summed E-state index contributed by atoms with van der Waals surface area (Å²) in [6.45, 7) is 6.69. The lowest BCUT2D eigenvalue weighted by Crippen LogP contribution is -2.33. The van der Waals surface area contributed by atoms with Crippen molar-refractivity contribution in [1.29, 1.82) is 0 Å². The Bertz CT molecular complexity index is 558. The van der Waals surface area contributed by atoms with Crippen LogP contribution in [0.15, 0.2) is 29.0 Å². The zero-order chi connectivity index (χ0) is 14.5. The molecular formula is C15H21N3O2. The van der Waals surface area contributed by atoms with Crippen LogP contribution in [0.25, 0.3) is 0 Å². The highest BCUT2D eigenvalue weighted by Crippen LogP contribution is 2.09. The van der Waals surface area contributed by atoms with E-state index in [1.54, 1.807) is 12.5 Å². The number of rotatable bonds is 6. The van der Waals surface area contributed by atoms with Gasteiger partial charge < -0.3 is 9.73 Å². The summed E-state index contributed by atoms with van der Waals surface area (Å²) in [6.07, 6.45) is 4.97. The Morgan fingerprint density at radius 1 is 1.55 bits per heavy atom. The van der Waals surface area contributed by atoms with Crippen molar-refractivity contribution >= 4 is 5.91 Å². The lowest BCUT2D eigenvalue weighted by Gasteiger charge is -2.13. The van der Waals surface area contributed by atoms with Crippen LogP contribution in [-0.2, 0) is 13.0 Å². The second-order valence-corrected chi connectivity index (χ2v) is 4.95. The van der Waals surface area contributed by atoms with E-state index in [9.17, 15) is 4.79 Å². The van der Waals surface area contributed by atoms with E-state index in [0.717, 1.165) is 30.8 Å². The summed E-state index contributed by atoms with van der Waals surface area (Å²) < 4.78 is 7.11. The minimum absolute atomic E-state index is 0.0610. The van der Waals surface area contributed by atoms with Gasteiger partial charge in [-0.05, 0) is 39.3 Å². The van der Waals surface area contributed by atoms with Gasteiger partial charge in [-0.25, -0.2) is 0 Å². The summed E-state index contributed by atoms with van der Waals surface area (Å²) in [7, 11) is 0. The molecule has 0 radical (unpaired) electrons. The van der Waals surface area contributed by atoms with Crippen molar-refractivity contribution in [1.82, 2.24) is 15.1 Å². The number of carbonyl (C=O) groups excluding carboxylic acids is 1. The smallest absolute Gasteiger partial charge is 0.254 e. The molecule has 2 heterocycles. The van der Waals surface area contributed by atoms with Gasteiger partial charge in [0.25, 0.3) is 5.91 Å². The zero-order valence-electron chi connectivity index (χ0n) is 12.2. The Kier molecular flexibility index (Phi) is 4.61. The monoisotopic (exact) mass is 275 g/mol. The van der Waals surface area contributed by atoms with Crippen molar-refractivity contribution in [2.45, 2.75) is 46.2 Å². The second kappa shape index (κ2) is 6.41. The Hall–Kier alpha value is -2.04. The standard InChI is InChI=1S/C15H21N3O2/c1-4-18-12(3)14(10-16-18)15(19)17-11(2)7-8-13-6-5-9-20-13/h5-6,9-11H,4,7-8H2,1-3H3,(H,17,19)/t11-/m1/s1. The fourth-order valence-electron chi connectivity index (χ4n) is 2.18. The van der Waals surface area contributed by atoms with Crippen LogP contribution < -0.4 is 5.32 Å². The van der Waals surface area contributed by atoms with Gasteiger partial charge in [0.1, 0.15) is 5.76 Å². The van der Waals surface area contributed by atoms with E-state index >= 15 is 0 Å². The van der Waals surface area contributed by atoms with Crippen LogP contribution in [0.5, 0.6) is 0 Å². The Morgan fingerprint density at radius 3 is 2.95 bits per heavy atom. The number of furan rings is 1. The normalized spacial score (nSPS) is 12.3. The van der Waals surface area contributed by atoms with Gasteiger partial charge in [0, 0.05) is 24.7 Å². The van der Waals surface area contributed by atoms with Gasteiger partial charge in [-0.2, -0.15) is 5.10 Å². The molecule has 0 aliphatic carbocycles. The van der Waals surface area contributed by atoms with Crippen molar-refractivity contribution in [2.24, 2.45) is 0 Å². The molecule has 2 rings (SSSR count). The molecule has 5 nitrogen and oxygen atoms in total. The van der Waals surface area contributed by atoms with Gasteiger partial charge in [-0.15, -0.1) is 0 Å². The number of carbonyl (C=O) groups is 1. The first-order chi connectivity index (χ1) is 9.61. The van der Waals surface area contributed by atoms with E-state index in [1.807, 2.05) is 37.6 Å². The van der Waals surface area contributed by atoms with E-state index in [-0.39, 0.29) is 11.9 Å². The molecule has 2 aromatic rings. The third kappa shape index (κ3) is 3.29. The second-order valence-electron chi connectivity index (χ2n) is 4.95. The molecule has 108 valence electrons. The largest absolute Gasteiger partial charge is 0.469 e. The van der Waals surface area contributed by atoms with Crippen LogP contribution >= 0.6 is 0 Å². The lowest BCUT2D eigenvalue weighted by atomic mass is 10.1. The van der Waals surface area contributed by atoms with E-state index in [4.69, 9.17) is 4.42 Å². The molecule has 0 aliphatic rings. The van der Waals surface area contributed by atoms with Crippen LogP contribution in [0.4, 0.5) is 0 Å². The Balaban J connectivity index is 1.88. The summed E-state index contributed by atoms with van der Waals surface area (Å²) in [4.78, 5) is 12.2. The molecule has 0 saturated heterocycles. The molecule has 0 spiro atoms. The molecule has 2 aromatic heterocycles. The SMILES string of the molecule is CCn1ncc(C(=O)N[C@H](C)CCc2ccco2)c1C. The van der Waals surface area contributed by atoms with E-state index < -0.39 is 0 Å². The summed E-state index contributed by atoms with van der Waals surface area (Å²) in [6, 6.07) is 3.92. The quantitative estimate of drug-likeness (QED) is 0.881. The van der Waals surface area contributed by atoms with E-state index in [0.29, 0.717) is 5.56 Å². The number of aromatic nitrogens is 2. The van der Waals surface area contributed by atoms with Gasteiger partial charge >= 0.3 is 0 Å². The first kappa shape index (κ1) is 14.4. The van der Waals surface area contributed by atoms with Gasteiger partial charge in [0.05, 0.1) is 18.0 Å². The summed E-state index contributed by atoms with van der Waals surface area (Å²) in [5.41, 5.74) is 1.56. The maximum absolute atomic E-state index is 12.2. The van der Waals surface area contributed by atoms with Crippen LogP contribution in [0.1, 0.15) is 42.1 Å². The molecule has 1 atom stereocenters. The van der Waals surface area contributed by atoms with Crippen LogP contribution in [0.2, 0.25) is 0 Å². The topological polar surface area (TPSA) is 60.1 Å². The molecule has 1 N–H and O–H groups in total. The fraction of sp³-hybridized carbons (Fsp3) is 0.467. The average molecular weight is 275 g/mol. The molecular weight excluding hydrogens is 254 g/mol. The first-order valence-corrected chi connectivity index (χ1v) is 6.97. The van der Waals surface area contributed by atoms with Crippen molar-refractivity contribution < 1.29 is 9.21 Å². The summed E-state index contributed by atoms with van der Waals surface area (Å²) >= 11 is 0. The van der Waals surface area contributed by atoms with Crippen molar-refractivity contribution in [3.05, 3.63) is 41.6 Å². The predicted molar refractivity (Wildman–Crippen MR) is 76.6 cm³/mol. The lowest BCUT2D eigenvalue weighted by molar-refractivity contribution is 0.0937. The molecule has 0 saturated carbocycles. The van der Waals surface area contributed by atoms with Gasteiger partial charge in [-0.3, -0.25) is 9.48 Å². The number of nitrogens with one attached hydrogen (secondary N) is 1. The van der Waals surface area contributed by atoms with E-state index in [2.05, 4.69) is 10.4 Å². The molecule has 20 heavy (non-hydrogen) atoms. The molecule has 5 heteroatoms. The van der Waals surface area contributed by atoms with Gasteiger partial charge in [0.2, 0.25) is 0 Å². The highest BCUT2D eigenvalue weighted by molar-refractivity contribution is 5.95. The summed E-state index contributed by atoms with van der Waals surface area (Å²) in [5, 5.41) is 7.19. The molecule has 0 aliphatic heterocycles. The Labute approximate surface area is 119 Å². The maximum Gasteiger partial charge on any atom is 0.254 e. The minimum Gasteiger partial charge on any atom is -0.469 e. The van der Waals surface area contributed by atoms with Crippen LogP contribution in [0.3, 0.4) is 0 Å². The predicted octanol–water partition coefficient (Wildman–Crippen LogP) is 2.56. The highest BCUT2D eigenvalue weighted by atomic mass is 16.3. The van der Waals surface area contributed by atoms with Crippen molar-refractivity contribution in [3.8, 4) is 0 Å². The number of hydrogen-bond acceptors (Lipinski definition) is 3. The van der Waals surface area contributed by atoms with Gasteiger partial charge in [0.15, 0.2) is 0 Å². The number of amides is 1. The molecule has 0 aromatic carbocycles. The molecule has 0 fully saturated rings. The maximum atomic E-state index is 12.2. The number of aryl methyl sites for hydroxylation is 2. The zero-order valence-corrected chi connectivity index (χ0v) is 12.2. The van der Waals surface area contributed by atoms with Crippen LogP contribution in [-0.4, -0.2) is 21.7 Å². The molecule has 1 amide bonds.